The second-order valence-corrected chi connectivity index (χ2v) is 3.66. The molecule has 0 heterocycles. The van der Waals surface area contributed by atoms with Crippen molar-refractivity contribution in [1.29, 1.82) is 0 Å². The number of carbonyl (C=O) groups is 3. The molecule has 2 rings (SSSR count). The second kappa shape index (κ2) is 4.70. The van der Waals surface area contributed by atoms with Crippen LogP contribution in [0.2, 0.25) is 0 Å². The predicted octanol–water partition coefficient (Wildman–Crippen LogP) is 1.89. The number of carbonyl (C=O) groups excluding carboxylic acids is 3. The van der Waals surface area contributed by atoms with E-state index in [0.29, 0.717) is 5.56 Å². The van der Waals surface area contributed by atoms with E-state index in [1.807, 2.05) is 0 Å². The summed E-state index contributed by atoms with van der Waals surface area (Å²) >= 11 is 0. The molecule has 0 atom stereocenters. The van der Waals surface area contributed by atoms with Gasteiger partial charge in [0.15, 0.2) is 5.78 Å². The van der Waals surface area contributed by atoms with Crippen LogP contribution in [0.25, 0.3) is 0 Å². The Morgan fingerprint density at radius 3 is 2.35 bits per heavy atom. The molecule has 3 heteroatoms. The molecule has 1 aromatic rings. The summed E-state index contributed by atoms with van der Waals surface area (Å²) in [5.41, 5.74) is 0.280. The molecule has 1 aromatic carbocycles. The normalized spacial score (nSPS) is 14.4. The highest BCUT2D eigenvalue weighted by atomic mass is 16.2. The third-order valence-corrected chi connectivity index (χ3v) is 2.49. The predicted molar refractivity (Wildman–Crippen MR) is 62.6 cm³/mol. The Labute approximate surface area is 98.5 Å². The van der Waals surface area contributed by atoms with Crippen LogP contribution in [0, 0.1) is 0 Å². The second-order valence-electron chi connectivity index (χ2n) is 3.66. The van der Waals surface area contributed by atoms with E-state index in [1.165, 1.54) is 6.08 Å². The van der Waals surface area contributed by atoms with Crippen LogP contribution in [0.1, 0.15) is 16.8 Å². The lowest BCUT2D eigenvalue weighted by Gasteiger charge is -2.05. The molecule has 1 aliphatic carbocycles. The molecule has 0 bridgehead atoms. The monoisotopic (exact) mass is 226 g/mol. The molecule has 0 spiro atoms. The van der Waals surface area contributed by atoms with Crippen molar-refractivity contribution in [2.45, 2.75) is 6.42 Å². The first-order chi connectivity index (χ1) is 8.20. The smallest absolute Gasteiger partial charge is 0.237 e. The van der Waals surface area contributed by atoms with Crippen molar-refractivity contribution in [3.8, 4) is 0 Å². The molecule has 17 heavy (non-hydrogen) atoms. The molecular weight excluding hydrogens is 216 g/mol. The number of rotatable bonds is 3. The first kappa shape index (κ1) is 11.2. The van der Waals surface area contributed by atoms with Crippen LogP contribution in [0.3, 0.4) is 0 Å². The number of allylic oxidation sites excluding steroid dienone is 4. The van der Waals surface area contributed by atoms with Crippen molar-refractivity contribution >= 4 is 17.3 Å². The molecule has 0 N–H and O–H groups in total. The summed E-state index contributed by atoms with van der Waals surface area (Å²) in [4.78, 5) is 35.1. The Kier molecular flexibility index (Phi) is 3.10. The van der Waals surface area contributed by atoms with Gasteiger partial charge in [0.2, 0.25) is 11.6 Å². The van der Waals surface area contributed by atoms with E-state index < -0.39 is 11.6 Å². The van der Waals surface area contributed by atoms with E-state index >= 15 is 0 Å². The van der Waals surface area contributed by atoms with Crippen LogP contribution >= 0.6 is 0 Å². The van der Waals surface area contributed by atoms with Gasteiger partial charge in [-0.3, -0.25) is 14.4 Å². The number of Topliss-reactive ketones (excluding diaryl/α,β-unsaturated/α-hetero) is 3. The van der Waals surface area contributed by atoms with Gasteiger partial charge in [0, 0.05) is 12.0 Å². The first-order valence-electron chi connectivity index (χ1n) is 5.24. The van der Waals surface area contributed by atoms with E-state index in [9.17, 15) is 14.4 Å². The molecule has 0 saturated carbocycles. The highest BCUT2D eigenvalue weighted by Crippen LogP contribution is 2.12. The molecule has 0 aromatic heterocycles. The van der Waals surface area contributed by atoms with E-state index in [0.717, 1.165) is 0 Å². The molecule has 0 fully saturated rings. The summed E-state index contributed by atoms with van der Waals surface area (Å²) in [5.74, 6) is -1.67. The average Bonchev–Trinajstić information content (AvgIpc) is 2.39. The summed E-state index contributed by atoms with van der Waals surface area (Å²) in [6.07, 6.45) is 4.85. The quantitative estimate of drug-likeness (QED) is 0.449. The van der Waals surface area contributed by atoms with Gasteiger partial charge >= 0.3 is 0 Å². The van der Waals surface area contributed by atoms with Crippen molar-refractivity contribution in [2.75, 3.05) is 0 Å². The average molecular weight is 226 g/mol. The number of hydrogen-bond donors (Lipinski definition) is 0. The summed E-state index contributed by atoms with van der Waals surface area (Å²) < 4.78 is 0. The van der Waals surface area contributed by atoms with Gasteiger partial charge in [0.1, 0.15) is 0 Å². The Hall–Kier alpha value is -2.29. The Morgan fingerprint density at radius 2 is 1.71 bits per heavy atom. The zero-order valence-electron chi connectivity index (χ0n) is 9.05. The Balaban J connectivity index is 2.27. The fourth-order valence-electron chi connectivity index (χ4n) is 1.59. The largest absolute Gasteiger partial charge is 0.294 e. The Bertz CT molecular complexity index is 536. The topological polar surface area (TPSA) is 51.2 Å². The summed E-state index contributed by atoms with van der Waals surface area (Å²) in [7, 11) is 0. The number of ketones is 3. The minimum atomic E-state index is -0.731. The van der Waals surface area contributed by atoms with Crippen molar-refractivity contribution < 1.29 is 14.4 Å². The molecule has 0 unspecified atom stereocenters. The molecule has 0 amide bonds. The van der Waals surface area contributed by atoms with Gasteiger partial charge in [-0.1, -0.05) is 42.5 Å². The third-order valence-electron chi connectivity index (χ3n) is 2.49. The summed E-state index contributed by atoms with van der Waals surface area (Å²) in [6, 6.07) is 8.23. The molecule has 1 aliphatic rings. The van der Waals surface area contributed by atoms with Crippen molar-refractivity contribution in [3.05, 3.63) is 59.7 Å². The Morgan fingerprint density at radius 1 is 1.00 bits per heavy atom. The highest BCUT2D eigenvalue weighted by Gasteiger charge is 2.25. The van der Waals surface area contributed by atoms with Gasteiger partial charge in [-0.2, -0.15) is 0 Å². The fourth-order valence-corrected chi connectivity index (χ4v) is 1.59. The number of hydrogen-bond acceptors (Lipinski definition) is 3. The van der Waals surface area contributed by atoms with Crippen LogP contribution in [0.4, 0.5) is 0 Å². The zero-order valence-corrected chi connectivity index (χ0v) is 9.05. The molecule has 84 valence electrons. The maximum atomic E-state index is 11.8. The van der Waals surface area contributed by atoms with E-state index in [-0.39, 0.29) is 17.8 Å². The lowest BCUT2D eigenvalue weighted by atomic mass is 9.94. The minimum absolute atomic E-state index is 0.0265. The van der Waals surface area contributed by atoms with Crippen LogP contribution in [0.5, 0.6) is 0 Å². The van der Waals surface area contributed by atoms with Crippen LogP contribution in [-0.2, 0) is 9.59 Å². The highest BCUT2D eigenvalue weighted by molar-refractivity contribution is 6.54. The van der Waals surface area contributed by atoms with E-state index in [1.54, 1.807) is 42.5 Å². The van der Waals surface area contributed by atoms with Crippen molar-refractivity contribution in [3.63, 3.8) is 0 Å². The summed E-state index contributed by atoms with van der Waals surface area (Å²) in [6.45, 7) is 0. The fraction of sp³-hybridized carbons (Fsp3) is 0.0714. The lowest BCUT2D eigenvalue weighted by Crippen LogP contribution is -2.22. The third kappa shape index (κ3) is 2.28. The maximum Gasteiger partial charge on any atom is 0.237 e. The van der Waals surface area contributed by atoms with Crippen molar-refractivity contribution in [1.82, 2.24) is 0 Å². The lowest BCUT2D eigenvalue weighted by molar-refractivity contribution is -0.119. The van der Waals surface area contributed by atoms with Gasteiger partial charge in [-0.15, -0.1) is 0 Å². The van der Waals surface area contributed by atoms with E-state index in [2.05, 4.69) is 0 Å². The molecule has 0 radical (unpaired) electrons. The van der Waals surface area contributed by atoms with Gasteiger partial charge in [0.05, 0.1) is 5.57 Å². The van der Waals surface area contributed by atoms with Gasteiger partial charge in [0.25, 0.3) is 0 Å². The van der Waals surface area contributed by atoms with Gasteiger partial charge in [-0.25, -0.2) is 0 Å². The maximum absolute atomic E-state index is 11.8. The van der Waals surface area contributed by atoms with Crippen LogP contribution < -0.4 is 0 Å². The van der Waals surface area contributed by atoms with Gasteiger partial charge in [-0.05, 0) is 6.08 Å². The molecule has 3 nitrogen and oxygen atoms in total. The standard InChI is InChI=1S/C14H10O3/c15-12-9-5-4-8-11(12)14(17)13(16)10-6-2-1-3-7-10/h1-8H,9H2. The van der Waals surface area contributed by atoms with Crippen LogP contribution in [0.15, 0.2) is 54.1 Å². The van der Waals surface area contributed by atoms with Crippen LogP contribution in [-0.4, -0.2) is 17.3 Å². The summed E-state index contributed by atoms with van der Waals surface area (Å²) in [5, 5.41) is 0. The van der Waals surface area contributed by atoms with Gasteiger partial charge < -0.3 is 0 Å². The SMILES string of the molecule is O=C1CC=CC=C1C(=O)C(=O)c1ccccc1. The molecular formula is C14H10O3. The molecule has 0 aliphatic heterocycles. The number of benzene rings is 1. The van der Waals surface area contributed by atoms with E-state index in [4.69, 9.17) is 0 Å². The van der Waals surface area contributed by atoms with Crippen molar-refractivity contribution in [2.24, 2.45) is 0 Å². The zero-order chi connectivity index (χ0) is 12.3. The molecule has 0 saturated heterocycles. The minimum Gasteiger partial charge on any atom is -0.294 e. The first-order valence-corrected chi connectivity index (χ1v) is 5.24.